The molecule has 1 saturated heterocycles. The van der Waals surface area contributed by atoms with E-state index in [9.17, 15) is 0 Å². The van der Waals surface area contributed by atoms with Crippen LogP contribution in [0.1, 0.15) is 36.3 Å². The summed E-state index contributed by atoms with van der Waals surface area (Å²) in [4.78, 5) is 0. The van der Waals surface area contributed by atoms with E-state index in [1.165, 1.54) is 42.9 Å². The predicted molar refractivity (Wildman–Crippen MR) is 75.6 cm³/mol. The molecule has 0 amide bonds. The third-order valence-electron chi connectivity index (χ3n) is 3.84. The zero-order valence-corrected chi connectivity index (χ0v) is 11.1. The van der Waals surface area contributed by atoms with Crippen LogP contribution in [0.2, 0.25) is 0 Å². The minimum Gasteiger partial charge on any atom is -0.312 e. The van der Waals surface area contributed by atoms with E-state index in [4.69, 9.17) is 0 Å². The third-order valence-corrected chi connectivity index (χ3v) is 5.08. The molecule has 2 fully saturated rings. The van der Waals surface area contributed by atoms with Crippen LogP contribution in [0.5, 0.6) is 0 Å². The van der Waals surface area contributed by atoms with Crippen molar-refractivity contribution in [3.8, 4) is 0 Å². The van der Waals surface area contributed by atoms with E-state index in [-0.39, 0.29) is 0 Å². The smallest absolute Gasteiger partial charge is 0.0208 e. The Morgan fingerprint density at radius 3 is 2.82 bits per heavy atom. The van der Waals surface area contributed by atoms with Crippen molar-refractivity contribution < 1.29 is 0 Å². The van der Waals surface area contributed by atoms with Crippen molar-refractivity contribution in [2.45, 2.75) is 31.7 Å². The van der Waals surface area contributed by atoms with Gasteiger partial charge in [-0.1, -0.05) is 24.3 Å². The number of hydrogen-bond acceptors (Lipinski definition) is 2. The van der Waals surface area contributed by atoms with Crippen LogP contribution in [0, 0.1) is 5.92 Å². The Morgan fingerprint density at radius 2 is 2.06 bits per heavy atom. The molecular weight excluding hydrogens is 226 g/mol. The van der Waals surface area contributed by atoms with Crippen LogP contribution in [0.15, 0.2) is 24.3 Å². The van der Waals surface area contributed by atoms with E-state index in [1.807, 2.05) is 0 Å². The molecule has 92 valence electrons. The highest BCUT2D eigenvalue weighted by Crippen LogP contribution is 2.41. The van der Waals surface area contributed by atoms with Gasteiger partial charge in [0, 0.05) is 6.54 Å². The monoisotopic (exact) mass is 247 g/mol. The standard InChI is InChI=1S/C15H21NS/c1-2-4-15(13-5-6-13)14(3-1)10-16-9-12-7-8-17-11-12/h1-4,12-13,16H,5-11H2. The van der Waals surface area contributed by atoms with Gasteiger partial charge < -0.3 is 5.32 Å². The zero-order chi connectivity index (χ0) is 11.5. The normalized spacial score (nSPS) is 24.1. The molecule has 1 atom stereocenters. The van der Waals surface area contributed by atoms with Crippen LogP contribution in [0.25, 0.3) is 0 Å². The molecule has 1 aliphatic carbocycles. The van der Waals surface area contributed by atoms with Crippen molar-refractivity contribution in [3.05, 3.63) is 35.4 Å². The largest absolute Gasteiger partial charge is 0.312 e. The molecule has 2 heteroatoms. The molecule has 1 aliphatic heterocycles. The van der Waals surface area contributed by atoms with Crippen molar-refractivity contribution in [3.63, 3.8) is 0 Å². The number of rotatable bonds is 5. The summed E-state index contributed by atoms with van der Waals surface area (Å²) in [5, 5.41) is 3.65. The lowest BCUT2D eigenvalue weighted by Crippen LogP contribution is -2.22. The maximum Gasteiger partial charge on any atom is 0.0208 e. The summed E-state index contributed by atoms with van der Waals surface area (Å²) in [5.41, 5.74) is 3.13. The lowest BCUT2D eigenvalue weighted by Gasteiger charge is -2.12. The Hall–Kier alpha value is -0.470. The zero-order valence-electron chi connectivity index (χ0n) is 10.3. The minimum atomic E-state index is 0.870. The Labute approximate surface area is 108 Å². The first-order chi connectivity index (χ1) is 8.43. The van der Waals surface area contributed by atoms with Gasteiger partial charge in [0.25, 0.3) is 0 Å². The first kappa shape index (κ1) is 11.6. The highest BCUT2D eigenvalue weighted by Gasteiger charge is 2.25. The van der Waals surface area contributed by atoms with E-state index < -0.39 is 0 Å². The third kappa shape index (κ3) is 3.05. The summed E-state index contributed by atoms with van der Waals surface area (Å²) in [5.74, 6) is 4.51. The van der Waals surface area contributed by atoms with Gasteiger partial charge in [0.1, 0.15) is 0 Å². The van der Waals surface area contributed by atoms with Crippen molar-refractivity contribution >= 4 is 11.8 Å². The molecule has 2 aliphatic rings. The van der Waals surface area contributed by atoms with E-state index >= 15 is 0 Å². The Bertz CT molecular complexity index is 367. The van der Waals surface area contributed by atoms with Crippen LogP contribution < -0.4 is 5.32 Å². The maximum absolute atomic E-state index is 3.65. The summed E-state index contributed by atoms with van der Waals surface area (Å²) >= 11 is 2.11. The molecule has 1 aromatic carbocycles. The summed E-state index contributed by atoms with van der Waals surface area (Å²) in [6, 6.07) is 8.98. The highest BCUT2D eigenvalue weighted by molar-refractivity contribution is 7.99. The summed E-state index contributed by atoms with van der Waals surface area (Å²) < 4.78 is 0. The minimum absolute atomic E-state index is 0.870. The quantitative estimate of drug-likeness (QED) is 0.856. The maximum atomic E-state index is 3.65. The number of hydrogen-bond donors (Lipinski definition) is 1. The van der Waals surface area contributed by atoms with Gasteiger partial charge in [-0.25, -0.2) is 0 Å². The first-order valence-corrected chi connectivity index (χ1v) is 7.95. The van der Waals surface area contributed by atoms with E-state index in [2.05, 4.69) is 41.3 Å². The van der Waals surface area contributed by atoms with E-state index in [0.29, 0.717) is 0 Å². The van der Waals surface area contributed by atoms with Crippen molar-refractivity contribution in [2.24, 2.45) is 5.92 Å². The lowest BCUT2D eigenvalue weighted by atomic mass is 10.0. The van der Waals surface area contributed by atoms with Crippen LogP contribution >= 0.6 is 11.8 Å². The fraction of sp³-hybridized carbons (Fsp3) is 0.600. The van der Waals surface area contributed by atoms with Crippen LogP contribution in [-0.4, -0.2) is 18.1 Å². The molecule has 3 rings (SSSR count). The molecule has 0 bridgehead atoms. The van der Waals surface area contributed by atoms with Gasteiger partial charge in [-0.2, -0.15) is 11.8 Å². The van der Waals surface area contributed by atoms with Gasteiger partial charge in [-0.05, 0) is 60.3 Å². The number of thioether (sulfide) groups is 1. The van der Waals surface area contributed by atoms with Gasteiger partial charge in [-0.3, -0.25) is 0 Å². The van der Waals surface area contributed by atoms with Gasteiger partial charge in [0.2, 0.25) is 0 Å². The molecule has 1 unspecified atom stereocenters. The number of benzene rings is 1. The van der Waals surface area contributed by atoms with E-state index in [1.54, 1.807) is 5.56 Å². The average Bonchev–Trinajstić information content (AvgIpc) is 3.08. The molecule has 1 nitrogen and oxygen atoms in total. The van der Waals surface area contributed by atoms with Crippen molar-refractivity contribution in [2.75, 3.05) is 18.1 Å². The van der Waals surface area contributed by atoms with Gasteiger partial charge in [0.05, 0.1) is 0 Å². The van der Waals surface area contributed by atoms with Gasteiger partial charge in [-0.15, -0.1) is 0 Å². The molecule has 17 heavy (non-hydrogen) atoms. The van der Waals surface area contributed by atoms with Gasteiger partial charge >= 0.3 is 0 Å². The van der Waals surface area contributed by atoms with Gasteiger partial charge in [0.15, 0.2) is 0 Å². The number of nitrogens with one attached hydrogen (secondary N) is 1. The fourth-order valence-electron chi connectivity index (χ4n) is 2.64. The van der Waals surface area contributed by atoms with Crippen LogP contribution in [-0.2, 0) is 6.54 Å². The molecule has 1 saturated carbocycles. The second-order valence-electron chi connectivity index (χ2n) is 5.33. The van der Waals surface area contributed by atoms with Crippen molar-refractivity contribution in [1.82, 2.24) is 5.32 Å². The second kappa shape index (κ2) is 5.45. The highest BCUT2D eigenvalue weighted by atomic mass is 32.2. The Morgan fingerprint density at radius 1 is 1.18 bits per heavy atom. The predicted octanol–water partition coefficient (Wildman–Crippen LogP) is 3.41. The SMILES string of the molecule is c1ccc(C2CC2)c(CNCC2CCSC2)c1. The fourth-order valence-corrected chi connectivity index (χ4v) is 3.93. The first-order valence-electron chi connectivity index (χ1n) is 6.80. The lowest BCUT2D eigenvalue weighted by molar-refractivity contribution is 0.522. The molecule has 0 spiro atoms. The Kier molecular flexibility index (Phi) is 3.72. The molecular formula is C15H21NS. The molecule has 1 aromatic rings. The average molecular weight is 247 g/mol. The van der Waals surface area contributed by atoms with Crippen molar-refractivity contribution in [1.29, 1.82) is 0 Å². The second-order valence-corrected chi connectivity index (χ2v) is 6.48. The Balaban J connectivity index is 1.53. The summed E-state index contributed by atoms with van der Waals surface area (Å²) in [6.45, 7) is 2.26. The summed E-state index contributed by atoms with van der Waals surface area (Å²) in [7, 11) is 0. The van der Waals surface area contributed by atoms with E-state index in [0.717, 1.165) is 18.4 Å². The van der Waals surface area contributed by atoms with Crippen LogP contribution in [0.4, 0.5) is 0 Å². The molecule has 0 radical (unpaired) electrons. The summed E-state index contributed by atoms with van der Waals surface area (Å²) in [6.07, 6.45) is 4.20. The molecule has 0 aromatic heterocycles. The molecule has 1 N–H and O–H groups in total. The van der Waals surface area contributed by atoms with Crippen LogP contribution in [0.3, 0.4) is 0 Å². The topological polar surface area (TPSA) is 12.0 Å². The molecule has 1 heterocycles.